The van der Waals surface area contributed by atoms with E-state index in [2.05, 4.69) is 59.3 Å². The SMILES string of the molecule is Cc1nn(C)c2c1CC(C)c1[nH]nc3ccc(cc13)-c1cnn(C)c1OCCN(C)C2. The number of fused-ring (bicyclic) bond motifs is 4. The second-order valence-electron chi connectivity index (χ2n) is 8.68. The molecule has 4 heterocycles. The fourth-order valence-electron chi connectivity index (χ4n) is 4.62. The molecule has 1 N–H and O–H groups in total. The van der Waals surface area contributed by atoms with Crippen LogP contribution in [0.4, 0.5) is 0 Å². The van der Waals surface area contributed by atoms with E-state index in [0.717, 1.165) is 58.8 Å². The summed E-state index contributed by atoms with van der Waals surface area (Å²) in [6.45, 7) is 6.59. The second kappa shape index (κ2) is 7.53. The summed E-state index contributed by atoms with van der Waals surface area (Å²) in [6, 6.07) is 6.37. The Morgan fingerprint density at radius 2 is 2.00 bits per heavy atom. The molecule has 0 saturated heterocycles. The lowest BCUT2D eigenvalue weighted by molar-refractivity contribution is 0.218. The summed E-state index contributed by atoms with van der Waals surface area (Å²) in [5, 5.41) is 18.2. The summed E-state index contributed by atoms with van der Waals surface area (Å²) in [4.78, 5) is 2.29. The van der Waals surface area contributed by atoms with Crippen LogP contribution < -0.4 is 4.74 Å². The quantitative estimate of drug-likeness (QED) is 0.474. The minimum atomic E-state index is 0.280. The summed E-state index contributed by atoms with van der Waals surface area (Å²) < 4.78 is 10.0. The molecule has 1 unspecified atom stereocenters. The summed E-state index contributed by atoms with van der Waals surface area (Å²) in [5.41, 5.74) is 7.90. The van der Waals surface area contributed by atoms with Crippen molar-refractivity contribution in [2.45, 2.75) is 32.7 Å². The van der Waals surface area contributed by atoms with Crippen molar-refractivity contribution < 1.29 is 4.74 Å². The van der Waals surface area contributed by atoms with Gasteiger partial charge in [0.15, 0.2) is 0 Å². The molecule has 4 aromatic rings. The zero-order chi connectivity index (χ0) is 21.7. The van der Waals surface area contributed by atoms with Gasteiger partial charge in [-0.25, -0.2) is 4.68 Å². The highest BCUT2D eigenvalue weighted by Gasteiger charge is 2.22. The first-order valence-corrected chi connectivity index (χ1v) is 10.8. The smallest absolute Gasteiger partial charge is 0.219 e. The number of H-pyrrole nitrogens is 1. The molecule has 1 aliphatic rings. The van der Waals surface area contributed by atoms with E-state index in [1.54, 1.807) is 4.68 Å². The van der Waals surface area contributed by atoms with Crippen LogP contribution in [0.1, 0.15) is 35.5 Å². The maximum atomic E-state index is 6.21. The van der Waals surface area contributed by atoms with Crippen LogP contribution in [0, 0.1) is 6.92 Å². The molecule has 0 saturated carbocycles. The van der Waals surface area contributed by atoms with Crippen LogP contribution in [0.25, 0.3) is 22.0 Å². The first-order chi connectivity index (χ1) is 14.9. The normalized spacial score (nSPS) is 17.8. The second-order valence-corrected chi connectivity index (χ2v) is 8.68. The monoisotopic (exact) mass is 419 g/mol. The fourth-order valence-corrected chi connectivity index (χ4v) is 4.62. The number of aryl methyl sites for hydroxylation is 3. The number of hydrogen-bond acceptors (Lipinski definition) is 5. The van der Waals surface area contributed by atoms with E-state index >= 15 is 0 Å². The molecule has 0 radical (unpaired) electrons. The zero-order valence-corrected chi connectivity index (χ0v) is 18.8. The Balaban J connectivity index is 1.65. The van der Waals surface area contributed by atoms with Crippen LogP contribution in [0.5, 0.6) is 5.88 Å². The highest BCUT2D eigenvalue weighted by Crippen LogP contribution is 2.35. The molecule has 0 amide bonds. The number of hydrogen-bond donors (Lipinski definition) is 1. The number of nitrogens with zero attached hydrogens (tertiary/aromatic N) is 6. The van der Waals surface area contributed by atoms with Crippen molar-refractivity contribution in [1.29, 1.82) is 0 Å². The molecule has 0 fully saturated rings. The van der Waals surface area contributed by atoms with E-state index in [9.17, 15) is 0 Å². The molecule has 3 aromatic heterocycles. The largest absolute Gasteiger partial charge is 0.476 e. The van der Waals surface area contributed by atoms with Crippen LogP contribution in [-0.2, 0) is 27.1 Å². The van der Waals surface area contributed by atoms with E-state index in [4.69, 9.17) is 9.84 Å². The number of rotatable bonds is 0. The van der Waals surface area contributed by atoms with E-state index in [1.807, 2.05) is 25.0 Å². The summed E-state index contributed by atoms with van der Waals surface area (Å²) in [5.74, 6) is 1.07. The lowest BCUT2D eigenvalue weighted by Gasteiger charge is -2.19. The van der Waals surface area contributed by atoms with Crippen LogP contribution in [-0.4, -0.2) is 54.9 Å². The Kier molecular flexibility index (Phi) is 4.81. The van der Waals surface area contributed by atoms with E-state index in [-0.39, 0.29) is 5.92 Å². The lowest BCUT2D eigenvalue weighted by atomic mass is 9.93. The van der Waals surface area contributed by atoms with Gasteiger partial charge in [0.05, 0.1) is 28.7 Å². The maximum absolute atomic E-state index is 6.21. The van der Waals surface area contributed by atoms with Crippen molar-refractivity contribution in [2.75, 3.05) is 20.2 Å². The maximum Gasteiger partial charge on any atom is 0.219 e. The number of aromatic nitrogens is 6. The number of nitrogens with one attached hydrogen (secondary N) is 1. The van der Waals surface area contributed by atoms with Crippen molar-refractivity contribution in [1.82, 2.24) is 34.7 Å². The Bertz CT molecular complexity index is 1250. The standard InChI is InChI=1S/C23H29N7O/c1-14-10-17-15(2)27-29(4)21(17)13-28(3)8-9-31-23-19(12-24-30(23)5)16-6-7-20-18(11-16)22(14)26-25-20/h6-7,11-12,14H,8-10,13H2,1-5H3,(H,25,26). The Labute approximate surface area is 181 Å². The average molecular weight is 420 g/mol. The van der Waals surface area contributed by atoms with Crippen LogP contribution in [0.15, 0.2) is 24.4 Å². The number of ether oxygens (including phenoxy) is 1. The van der Waals surface area contributed by atoms with Gasteiger partial charge in [0.25, 0.3) is 0 Å². The Morgan fingerprint density at radius 1 is 1.16 bits per heavy atom. The minimum absolute atomic E-state index is 0.280. The van der Waals surface area contributed by atoms with Gasteiger partial charge < -0.3 is 4.74 Å². The average Bonchev–Trinajstić information content (AvgIpc) is 3.39. The highest BCUT2D eigenvalue weighted by atomic mass is 16.5. The van der Waals surface area contributed by atoms with Gasteiger partial charge in [-0.15, -0.1) is 0 Å². The van der Waals surface area contributed by atoms with Crippen LogP contribution in [0.2, 0.25) is 0 Å². The van der Waals surface area contributed by atoms with Gasteiger partial charge >= 0.3 is 0 Å². The number of benzene rings is 1. The van der Waals surface area contributed by atoms with Gasteiger partial charge in [-0.2, -0.15) is 15.3 Å². The molecule has 0 spiro atoms. The molecule has 162 valence electrons. The molecule has 1 aromatic carbocycles. The van der Waals surface area contributed by atoms with Crippen molar-refractivity contribution in [3.8, 4) is 17.0 Å². The fraction of sp³-hybridized carbons (Fsp3) is 0.435. The third kappa shape index (κ3) is 3.40. The number of likely N-dealkylation sites (N-methyl/N-ethyl adjacent to an activating group) is 1. The molecule has 2 bridgehead atoms. The van der Waals surface area contributed by atoms with Gasteiger partial charge in [-0.3, -0.25) is 14.7 Å². The molecule has 0 aliphatic carbocycles. The summed E-state index contributed by atoms with van der Waals surface area (Å²) in [6.07, 6.45) is 2.80. The summed E-state index contributed by atoms with van der Waals surface area (Å²) >= 11 is 0. The van der Waals surface area contributed by atoms with Gasteiger partial charge in [0.1, 0.15) is 6.61 Å². The van der Waals surface area contributed by atoms with Gasteiger partial charge in [-0.05, 0) is 43.7 Å². The molecule has 8 heteroatoms. The van der Waals surface area contributed by atoms with Gasteiger partial charge in [0, 0.05) is 44.2 Å². The van der Waals surface area contributed by atoms with Crippen LogP contribution >= 0.6 is 0 Å². The molecule has 8 nitrogen and oxygen atoms in total. The van der Waals surface area contributed by atoms with Crippen LogP contribution in [0.3, 0.4) is 0 Å². The lowest BCUT2D eigenvalue weighted by Crippen LogP contribution is -2.26. The predicted molar refractivity (Wildman–Crippen MR) is 120 cm³/mol. The zero-order valence-electron chi connectivity index (χ0n) is 18.8. The van der Waals surface area contributed by atoms with E-state index < -0.39 is 0 Å². The van der Waals surface area contributed by atoms with E-state index in [0.29, 0.717) is 6.61 Å². The molecular weight excluding hydrogens is 390 g/mol. The van der Waals surface area contributed by atoms with Gasteiger partial charge in [-0.1, -0.05) is 13.0 Å². The topological polar surface area (TPSA) is 76.8 Å². The van der Waals surface area contributed by atoms with Crippen molar-refractivity contribution in [2.24, 2.45) is 14.1 Å². The Hall–Kier alpha value is -3.13. The predicted octanol–water partition coefficient (Wildman–Crippen LogP) is 3.18. The first-order valence-electron chi connectivity index (χ1n) is 10.8. The number of aromatic amines is 1. The molecule has 1 atom stereocenters. The third-order valence-electron chi connectivity index (χ3n) is 6.39. The molecule has 31 heavy (non-hydrogen) atoms. The third-order valence-corrected chi connectivity index (χ3v) is 6.39. The van der Waals surface area contributed by atoms with Crippen molar-refractivity contribution in [3.63, 3.8) is 0 Å². The van der Waals surface area contributed by atoms with Gasteiger partial charge in [0.2, 0.25) is 5.88 Å². The highest BCUT2D eigenvalue weighted by molar-refractivity contribution is 5.87. The minimum Gasteiger partial charge on any atom is -0.476 e. The molecule has 1 aliphatic heterocycles. The van der Waals surface area contributed by atoms with E-state index in [1.165, 1.54) is 11.3 Å². The van der Waals surface area contributed by atoms with Crippen molar-refractivity contribution >= 4 is 10.9 Å². The molecule has 5 rings (SSSR count). The molecular formula is C23H29N7O. The van der Waals surface area contributed by atoms with Crippen molar-refractivity contribution in [3.05, 3.63) is 47.0 Å². The summed E-state index contributed by atoms with van der Waals surface area (Å²) in [7, 11) is 6.09. The first kappa shape index (κ1) is 19.8. The Morgan fingerprint density at radius 3 is 2.84 bits per heavy atom.